The number of nitrogens with zero attached hydrogens (tertiary/aromatic N) is 1. The first-order valence-corrected chi connectivity index (χ1v) is 8.10. The van der Waals surface area contributed by atoms with Gasteiger partial charge in [0.2, 0.25) is 0 Å². The van der Waals surface area contributed by atoms with E-state index in [9.17, 15) is 4.79 Å². The average Bonchev–Trinajstić information content (AvgIpc) is 2.56. The first-order chi connectivity index (χ1) is 10.7. The van der Waals surface area contributed by atoms with Gasteiger partial charge in [-0.25, -0.2) is 0 Å². The van der Waals surface area contributed by atoms with Crippen LogP contribution >= 0.6 is 11.6 Å². The average molecular weight is 325 g/mol. The van der Waals surface area contributed by atoms with Gasteiger partial charge in [-0.1, -0.05) is 17.7 Å². The predicted octanol–water partition coefficient (Wildman–Crippen LogP) is 1.84. The number of nitrogens with one attached hydrogen (secondary N) is 1. The SMILES string of the molecule is O=C(NC1CCOCC1)[C@H]1CN(c2cccc(Cl)c2)CCO1. The van der Waals surface area contributed by atoms with Crippen LogP contribution in [0.25, 0.3) is 0 Å². The van der Waals surface area contributed by atoms with Crippen molar-refractivity contribution < 1.29 is 14.3 Å². The van der Waals surface area contributed by atoms with Crippen LogP contribution < -0.4 is 10.2 Å². The quantitative estimate of drug-likeness (QED) is 0.922. The molecule has 2 aliphatic heterocycles. The van der Waals surface area contributed by atoms with Crippen molar-refractivity contribution in [1.82, 2.24) is 5.32 Å². The molecule has 0 bridgehead atoms. The van der Waals surface area contributed by atoms with E-state index in [1.165, 1.54) is 0 Å². The van der Waals surface area contributed by atoms with Gasteiger partial charge in [-0.3, -0.25) is 4.79 Å². The third-order valence-corrected chi connectivity index (χ3v) is 4.34. The molecule has 3 rings (SSSR count). The normalized spacial score (nSPS) is 23.3. The van der Waals surface area contributed by atoms with Crippen molar-refractivity contribution in [3.05, 3.63) is 29.3 Å². The molecule has 120 valence electrons. The molecule has 0 radical (unpaired) electrons. The molecule has 5 nitrogen and oxygen atoms in total. The number of ether oxygens (including phenoxy) is 2. The van der Waals surface area contributed by atoms with Crippen LogP contribution in [-0.2, 0) is 14.3 Å². The minimum atomic E-state index is -0.435. The zero-order valence-electron chi connectivity index (χ0n) is 12.5. The van der Waals surface area contributed by atoms with Crippen LogP contribution in [0.15, 0.2) is 24.3 Å². The zero-order chi connectivity index (χ0) is 15.4. The number of benzene rings is 1. The van der Waals surface area contributed by atoms with Gasteiger partial charge in [0.05, 0.1) is 13.2 Å². The third kappa shape index (κ3) is 3.91. The molecule has 2 fully saturated rings. The highest BCUT2D eigenvalue weighted by Crippen LogP contribution is 2.21. The Kier molecular flexibility index (Phi) is 5.18. The highest BCUT2D eigenvalue weighted by atomic mass is 35.5. The number of anilines is 1. The Labute approximate surface area is 135 Å². The number of amides is 1. The van der Waals surface area contributed by atoms with Crippen molar-refractivity contribution in [2.24, 2.45) is 0 Å². The summed E-state index contributed by atoms with van der Waals surface area (Å²) >= 11 is 6.04. The first-order valence-electron chi connectivity index (χ1n) is 7.72. The minimum absolute atomic E-state index is 0.0290. The van der Waals surface area contributed by atoms with Crippen molar-refractivity contribution in [1.29, 1.82) is 0 Å². The van der Waals surface area contributed by atoms with Gasteiger partial charge in [-0.05, 0) is 31.0 Å². The predicted molar refractivity (Wildman–Crippen MR) is 85.4 cm³/mol. The maximum absolute atomic E-state index is 12.4. The fraction of sp³-hybridized carbons (Fsp3) is 0.562. The number of rotatable bonds is 3. The maximum atomic E-state index is 12.4. The molecule has 2 saturated heterocycles. The number of hydrogen-bond donors (Lipinski definition) is 1. The summed E-state index contributed by atoms with van der Waals surface area (Å²) in [7, 11) is 0. The van der Waals surface area contributed by atoms with Crippen LogP contribution in [0.4, 0.5) is 5.69 Å². The molecule has 0 spiro atoms. The van der Waals surface area contributed by atoms with Crippen LogP contribution in [0.1, 0.15) is 12.8 Å². The Bertz CT molecular complexity index is 520. The highest BCUT2D eigenvalue weighted by Gasteiger charge is 2.28. The lowest BCUT2D eigenvalue weighted by Gasteiger charge is -2.35. The highest BCUT2D eigenvalue weighted by molar-refractivity contribution is 6.30. The monoisotopic (exact) mass is 324 g/mol. The Hall–Kier alpha value is -1.30. The fourth-order valence-electron chi connectivity index (χ4n) is 2.85. The molecule has 2 aliphatic rings. The summed E-state index contributed by atoms with van der Waals surface area (Å²) in [6.45, 7) is 3.28. The van der Waals surface area contributed by atoms with Crippen molar-refractivity contribution in [3.63, 3.8) is 0 Å². The van der Waals surface area contributed by atoms with Gasteiger partial charge < -0.3 is 19.7 Å². The fourth-order valence-corrected chi connectivity index (χ4v) is 3.04. The van der Waals surface area contributed by atoms with Gasteiger partial charge in [0.25, 0.3) is 5.91 Å². The molecule has 0 aliphatic carbocycles. The van der Waals surface area contributed by atoms with E-state index in [1.807, 2.05) is 24.3 Å². The molecule has 1 aromatic rings. The number of halogens is 1. The van der Waals surface area contributed by atoms with Crippen molar-refractivity contribution >= 4 is 23.2 Å². The van der Waals surface area contributed by atoms with Crippen LogP contribution in [-0.4, -0.2) is 51.0 Å². The van der Waals surface area contributed by atoms with E-state index >= 15 is 0 Å². The second-order valence-corrected chi connectivity index (χ2v) is 6.12. The maximum Gasteiger partial charge on any atom is 0.251 e. The summed E-state index contributed by atoms with van der Waals surface area (Å²) < 4.78 is 11.0. The largest absolute Gasteiger partial charge is 0.381 e. The lowest BCUT2D eigenvalue weighted by molar-refractivity contribution is -0.134. The van der Waals surface area contributed by atoms with Gasteiger partial charge >= 0.3 is 0 Å². The Balaban J connectivity index is 1.58. The van der Waals surface area contributed by atoms with E-state index in [2.05, 4.69) is 10.2 Å². The lowest BCUT2D eigenvalue weighted by Crippen LogP contribution is -2.52. The molecule has 0 aromatic heterocycles. The molecule has 0 unspecified atom stereocenters. The van der Waals surface area contributed by atoms with Gasteiger partial charge in [0, 0.05) is 36.5 Å². The van der Waals surface area contributed by atoms with E-state index in [0.717, 1.165) is 25.1 Å². The topological polar surface area (TPSA) is 50.8 Å². The first kappa shape index (κ1) is 15.6. The Morgan fingerprint density at radius 1 is 1.27 bits per heavy atom. The third-order valence-electron chi connectivity index (χ3n) is 4.10. The number of hydrogen-bond acceptors (Lipinski definition) is 4. The molecule has 22 heavy (non-hydrogen) atoms. The summed E-state index contributed by atoms with van der Waals surface area (Å²) in [5.41, 5.74) is 1.03. The molecular formula is C16H21ClN2O3. The van der Waals surface area contributed by atoms with Crippen LogP contribution in [0.5, 0.6) is 0 Å². The summed E-state index contributed by atoms with van der Waals surface area (Å²) in [6.07, 6.45) is 1.31. The lowest BCUT2D eigenvalue weighted by atomic mass is 10.1. The molecule has 1 N–H and O–H groups in total. The van der Waals surface area contributed by atoms with Crippen molar-refractivity contribution in [3.8, 4) is 0 Å². The number of carbonyl (C=O) groups excluding carboxylic acids is 1. The molecular weight excluding hydrogens is 304 g/mol. The van der Waals surface area contributed by atoms with Crippen LogP contribution in [0.3, 0.4) is 0 Å². The molecule has 1 aromatic carbocycles. The van der Waals surface area contributed by atoms with E-state index < -0.39 is 6.10 Å². The Morgan fingerprint density at radius 3 is 2.86 bits per heavy atom. The van der Waals surface area contributed by atoms with Gasteiger partial charge in [-0.2, -0.15) is 0 Å². The van der Waals surface area contributed by atoms with Crippen molar-refractivity contribution in [2.75, 3.05) is 37.8 Å². The minimum Gasteiger partial charge on any atom is -0.381 e. The zero-order valence-corrected chi connectivity index (χ0v) is 13.2. The second kappa shape index (κ2) is 7.31. The number of morpholine rings is 1. The summed E-state index contributed by atoms with van der Waals surface area (Å²) in [6, 6.07) is 7.89. The van der Waals surface area contributed by atoms with Gasteiger partial charge in [-0.15, -0.1) is 0 Å². The molecule has 1 atom stereocenters. The van der Waals surface area contributed by atoms with E-state index in [-0.39, 0.29) is 11.9 Å². The molecule has 0 saturated carbocycles. The molecule has 6 heteroatoms. The standard InChI is InChI=1S/C16H21ClN2O3/c17-12-2-1-3-14(10-12)19-6-9-22-15(11-19)16(20)18-13-4-7-21-8-5-13/h1-3,10,13,15H,4-9,11H2,(H,18,20)/t15-/m1/s1. The molecule has 2 heterocycles. The van der Waals surface area contributed by atoms with E-state index in [1.54, 1.807) is 0 Å². The van der Waals surface area contributed by atoms with E-state index in [4.69, 9.17) is 21.1 Å². The van der Waals surface area contributed by atoms with Gasteiger partial charge in [0.1, 0.15) is 0 Å². The second-order valence-electron chi connectivity index (χ2n) is 5.68. The summed E-state index contributed by atoms with van der Waals surface area (Å²) in [4.78, 5) is 14.5. The van der Waals surface area contributed by atoms with Gasteiger partial charge in [0.15, 0.2) is 6.10 Å². The summed E-state index contributed by atoms with van der Waals surface area (Å²) in [5, 5.41) is 3.78. The van der Waals surface area contributed by atoms with E-state index in [0.29, 0.717) is 31.4 Å². The molecule has 1 amide bonds. The number of carbonyl (C=O) groups is 1. The van der Waals surface area contributed by atoms with Crippen LogP contribution in [0.2, 0.25) is 5.02 Å². The van der Waals surface area contributed by atoms with Crippen LogP contribution in [0, 0.1) is 0 Å². The summed E-state index contributed by atoms with van der Waals surface area (Å²) in [5.74, 6) is -0.0290. The van der Waals surface area contributed by atoms with Crippen molar-refractivity contribution in [2.45, 2.75) is 25.0 Å². The smallest absolute Gasteiger partial charge is 0.251 e. The Morgan fingerprint density at radius 2 is 2.09 bits per heavy atom.